The first-order chi connectivity index (χ1) is 11.5. The van der Waals surface area contributed by atoms with Gasteiger partial charge in [-0.1, -0.05) is 0 Å². The quantitative estimate of drug-likeness (QED) is 0.695. The lowest BCUT2D eigenvalue weighted by atomic mass is 10.2. The highest BCUT2D eigenvalue weighted by molar-refractivity contribution is 7.07. The summed E-state index contributed by atoms with van der Waals surface area (Å²) in [4.78, 5) is 40.4. The van der Waals surface area contributed by atoms with Crippen LogP contribution in [0.1, 0.15) is 5.56 Å². The third kappa shape index (κ3) is 2.90. The summed E-state index contributed by atoms with van der Waals surface area (Å²) in [5, 5.41) is 6.86. The van der Waals surface area contributed by atoms with E-state index < -0.39 is 11.2 Å². The zero-order valence-corrected chi connectivity index (χ0v) is 14.2. The fourth-order valence-corrected chi connectivity index (χ4v) is 3.21. The average molecular weight is 347 g/mol. The highest BCUT2D eigenvalue weighted by Crippen LogP contribution is 2.06. The van der Waals surface area contributed by atoms with Crippen LogP contribution in [-0.4, -0.2) is 31.1 Å². The maximum absolute atomic E-state index is 12.3. The highest BCUT2D eigenvalue weighted by atomic mass is 32.1. The molecule has 3 heterocycles. The van der Waals surface area contributed by atoms with Crippen molar-refractivity contribution < 1.29 is 4.79 Å². The van der Waals surface area contributed by atoms with Crippen molar-refractivity contribution in [1.29, 1.82) is 0 Å². The molecule has 0 aliphatic rings. The number of aromatic nitrogens is 4. The standard InChI is InChI=1S/C15H17N5O3S/c1-18-13-12(14(22)19(2)15(18)23)20(9-17-13)7-11(21)16-5-3-10-4-6-24-8-10/h4,6,8-9H,3,5,7H2,1-2H3,(H,16,21). The lowest BCUT2D eigenvalue weighted by molar-refractivity contribution is -0.121. The van der Waals surface area contributed by atoms with Crippen molar-refractivity contribution in [3.63, 3.8) is 0 Å². The molecule has 0 fully saturated rings. The van der Waals surface area contributed by atoms with Gasteiger partial charge in [-0.2, -0.15) is 11.3 Å². The molecular weight excluding hydrogens is 330 g/mol. The van der Waals surface area contributed by atoms with Gasteiger partial charge < -0.3 is 9.88 Å². The first kappa shape index (κ1) is 16.2. The second-order valence-corrected chi connectivity index (χ2v) is 6.26. The molecule has 0 saturated heterocycles. The lowest BCUT2D eigenvalue weighted by Crippen LogP contribution is -2.38. The van der Waals surface area contributed by atoms with E-state index in [0.717, 1.165) is 11.0 Å². The third-order valence-corrected chi connectivity index (χ3v) is 4.58. The van der Waals surface area contributed by atoms with E-state index in [4.69, 9.17) is 0 Å². The van der Waals surface area contributed by atoms with Crippen LogP contribution in [-0.2, 0) is 31.9 Å². The summed E-state index contributed by atoms with van der Waals surface area (Å²) >= 11 is 1.62. The Morgan fingerprint density at radius 1 is 1.29 bits per heavy atom. The Morgan fingerprint density at radius 3 is 2.79 bits per heavy atom. The zero-order valence-electron chi connectivity index (χ0n) is 13.4. The van der Waals surface area contributed by atoms with Gasteiger partial charge in [0, 0.05) is 20.6 Å². The van der Waals surface area contributed by atoms with Crippen molar-refractivity contribution in [2.24, 2.45) is 14.1 Å². The van der Waals surface area contributed by atoms with Gasteiger partial charge in [-0.25, -0.2) is 9.78 Å². The molecule has 0 aliphatic carbocycles. The number of amides is 1. The molecule has 0 aliphatic heterocycles. The Kier molecular flexibility index (Phi) is 4.34. The number of hydrogen-bond acceptors (Lipinski definition) is 5. The van der Waals surface area contributed by atoms with E-state index in [1.54, 1.807) is 18.4 Å². The predicted octanol–water partition coefficient (Wildman–Crippen LogP) is -0.146. The topological polar surface area (TPSA) is 90.9 Å². The van der Waals surface area contributed by atoms with Gasteiger partial charge in [0.1, 0.15) is 6.54 Å². The summed E-state index contributed by atoms with van der Waals surface area (Å²) in [5.41, 5.74) is 0.786. The monoisotopic (exact) mass is 347 g/mol. The highest BCUT2D eigenvalue weighted by Gasteiger charge is 2.15. The Balaban J connectivity index is 1.77. The van der Waals surface area contributed by atoms with Crippen LogP contribution >= 0.6 is 11.3 Å². The molecule has 0 aromatic carbocycles. The minimum atomic E-state index is -0.461. The number of imidazole rings is 1. The summed E-state index contributed by atoms with van der Waals surface area (Å²) in [6.07, 6.45) is 2.17. The molecule has 0 radical (unpaired) electrons. The second kappa shape index (κ2) is 6.44. The molecule has 1 amide bonds. The van der Waals surface area contributed by atoms with Crippen molar-refractivity contribution >= 4 is 28.4 Å². The van der Waals surface area contributed by atoms with Crippen molar-refractivity contribution in [3.8, 4) is 0 Å². The van der Waals surface area contributed by atoms with Crippen LogP contribution in [0.5, 0.6) is 0 Å². The second-order valence-electron chi connectivity index (χ2n) is 5.48. The van der Waals surface area contributed by atoms with Crippen LogP contribution < -0.4 is 16.6 Å². The van der Waals surface area contributed by atoms with Gasteiger partial charge in [-0.3, -0.25) is 18.7 Å². The number of thiophene rings is 1. The molecule has 9 heteroatoms. The molecule has 24 heavy (non-hydrogen) atoms. The molecule has 3 aromatic heterocycles. The number of nitrogens with one attached hydrogen (secondary N) is 1. The summed E-state index contributed by atoms with van der Waals surface area (Å²) in [6.45, 7) is 0.506. The van der Waals surface area contributed by atoms with Gasteiger partial charge in [0.2, 0.25) is 5.91 Å². The van der Waals surface area contributed by atoms with Crippen LogP contribution in [0.2, 0.25) is 0 Å². The van der Waals surface area contributed by atoms with E-state index in [1.165, 1.54) is 28.1 Å². The van der Waals surface area contributed by atoms with Crippen LogP contribution in [0.4, 0.5) is 0 Å². The SMILES string of the molecule is Cn1c(=O)c2c(ncn2CC(=O)NCCc2ccsc2)n(C)c1=O. The van der Waals surface area contributed by atoms with Gasteiger partial charge in [-0.05, 0) is 28.8 Å². The Bertz CT molecular complexity index is 997. The molecule has 3 rings (SSSR count). The Morgan fingerprint density at radius 2 is 2.08 bits per heavy atom. The van der Waals surface area contributed by atoms with E-state index in [1.807, 2.05) is 16.8 Å². The molecule has 0 saturated carbocycles. The maximum atomic E-state index is 12.3. The van der Waals surface area contributed by atoms with Crippen molar-refractivity contribution in [2.45, 2.75) is 13.0 Å². The van der Waals surface area contributed by atoms with Crippen LogP contribution in [0.15, 0.2) is 32.7 Å². The molecule has 1 N–H and O–H groups in total. The number of hydrogen-bond donors (Lipinski definition) is 1. The number of nitrogens with zero attached hydrogens (tertiary/aromatic N) is 4. The largest absolute Gasteiger partial charge is 0.354 e. The molecule has 0 unspecified atom stereocenters. The van der Waals surface area contributed by atoms with Gasteiger partial charge in [0.25, 0.3) is 5.56 Å². The number of fused-ring (bicyclic) bond motifs is 1. The molecule has 3 aromatic rings. The normalized spacial score (nSPS) is 11.1. The smallest absolute Gasteiger partial charge is 0.332 e. The van der Waals surface area contributed by atoms with E-state index in [9.17, 15) is 14.4 Å². The fourth-order valence-electron chi connectivity index (χ4n) is 2.51. The number of carbonyl (C=O) groups is 1. The molecule has 0 bridgehead atoms. The fraction of sp³-hybridized carbons (Fsp3) is 0.333. The van der Waals surface area contributed by atoms with Crippen molar-refractivity contribution in [2.75, 3.05) is 6.54 Å². The zero-order chi connectivity index (χ0) is 17.3. The van der Waals surface area contributed by atoms with Crippen LogP contribution in [0.3, 0.4) is 0 Å². The van der Waals surface area contributed by atoms with Crippen LogP contribution in [0, 0.1) is 0 Å². The number of aryl methyl sites for hydroxylation is 1. The molecule has 8 nitrogen and oxygen atoms in total. The number of rotatable bonds is 5. The summed E-state index contributed by atoms with van der Waals surface area (Å²) < 4.78 is 3.77. The maximum Gasteiger partial charge on any atom is 0.332 e. The van der Waals surface area contributed by atoms with Gasteiger partial charge in [0.05, 0.1) is 6.33 Å². The predicted molar refractivity (Wildman–Crippen MR) is 91.2 cm³/mol. The molecule has 0 atom stereocenters. The summed E-state index contributed by atoms with van der Waals surface area (Å²) in [5.74, 6) is -0.208. The number of carbonyl (C=O) groups excluding carboxylic acids is 1. The van der Waals surface area contributed by atoms with E-state index in [0.29, 0.717) is 6.54 Å². The van der Waals surface area contributed by atoms with E-state index >= 15 is 0 Å². The Hall–Kier alpha value is -2.68. The van der Waals surface area contributed by atoms with E-state index in [-0.39, 0.29) is 23.6 Å². The van der Waals surface area contributed by atoms with Gasteiger partial charge >= 0.3 is 5.69 Å². The van der Waals surface area contributed by atoms with Gasteiger partial charge in [-0.15, -0.1) is 0 Å². The summed E-state index contributed by atoms with van der Waals surface area (Å²) in [7, 11) is 2.95. The first-order valence-corrected chi connectivity index (χ1v) is 8.32. The first-order valence-electron chi connectivity index (χ1n) is 7.37. The third-order valence-electron chi connectivity index (χ3n) is 3.85. The summed E-state index contributed by atoms with van der Waals surface area (Å²) in [6, 6.07) is 2.02. The Labute approximate surface area is 141 Å². The molecule has 126 valence electrons. The van der Waals surface area contributed by atoms with Crippen molar-refractivity contribution in [3.05, 3.63) is 49.6 Å². The minimum absolute atomic E-state index is 0.0203. The average Bonchev–Trinajstić information content (AvgIpc) is 3.21. The van der Waals surface area contributed by atoms with Crippen LogP contribution in [0.25, 0.3) is 11.2 Å². The molecular formula is C15H17N5O3S. The van der Waals surface area contributed by atoms with E-state index in [2.05, 4.69) is 10.3 Å². The minimum Gasteiger partial charge on any atom is -0.354 e. The lowest BCUT2D eigenvalue weighted by Gasteiger charge is -2.07. The van der Waals surface area contributed by atoms with Gasteiger partial charge in [0.15, 0.2) is 11.2 Å². The molecule has 0 spiro atoms. The van der Waals surface area contributed by atoms with Crippen molar-refractivity contribution in [1.82, 2.24) is 24.0 Å².